The van der Waals surface area contributed by atoms with Crippen LogP contribution in [0.5, 0.6) is 5.75 Å². The van der Waals surface area contributed by atoms with Crippen molar-refractivity contribution < 1.29 is 19.4 Å². The van der Waals surface area contributed by atoms with Gasteiger partial charge in [-0.1, -0.05) is 17.7 Å². The number of benzene rings is 2. The highest BCUT2D eigenvalue weighted by atomic mass is 35.5. The Balaban J connectivity index is 1.61. The lowest BCUT2D eigenvalue weighted by Gasteiger charge is -2.26. The first-order valence-electron chi connectivity index (χ1n) is 10.3. The third-order valence-corrected chi connectivity index (χ3v) is 6.27. The van der Waals surface area contributed by atoms with Crippen LogP contribution in [0.4, 0.5) is 5.69 Å². The molecule has 0 bridgehead atoms. The van der Waals surface area contributed by atoms with Crippen molar-refractivity contribution in [2.75, 3.05) is 4.90 Å². The van der Waals surface area contributed by atoms with Gasteiger partial charge in [0.15, 0.2) is 5.11 Å². The van der Waals surface area contributed by atoms with Gasteiger partial charge in [-0.2, -0.15) is 0 Å². The van der Waals surface area contributed by atoms with Crippen molar-refractivity contribution in [1.29, 1.82) is 0 Å². The van der Waals surface area contributed by atoms with Crippen molar-refractivity contribution in [2.45, 2.75) is 12.1 Å². The van der Waals surface area contributed by atoms with E-state index in [1.54, 1.807) is 36.5 Å². The van der Waals surface area contributed by atoms with Crippen LogP contribution in [0.15, 0.2) is 83.4 Å². The molecule has 34 heavy (non-hydrogen) atoms. The van der Waals surface area contributed by atoms with Crippen LogP contribution in [-0.4, -0.2) is 26.3 Å². The van der Waals surface area contributed by atoms with E-state index < -0.39 is 12.0 Å². The maximum atomic E-state index is 11.4. The zero-order valence-electron chi connectivity index (χ0n) is 17.6. The number of hydrogen-bond acceptors (Lipinski definition) is 5. The summed E-state index contributed by atoms with van der Waals surface area (Å²) in [5.74, 6) is 0.117. The Morgan fingerprint density at radius 1 is 1.09 bits per heavy atom. The van der Waals surface area contributed by atoms with Gasteiger partial charge in [0, 0.05) is 17.4 Å². The number of aromatic nitrogens is 1. The Bertz CT molecular complexity index is 1370. The van der Waals surface area contributed by atoms with Gasteiger partial charge in [0.05, 0.1) is 22.3 Å². The van der Waals surface area contributed by atoms with Crippen LogP contribution >= 0.6 is 23.8 Å². The van der Waals surface area contributed by atoms with Crippen molar-refractivity contribution in [3.8, 4) is 17.1 Å². The molecule has 0 saturated carbocycles. The van der Waals surface area contributed by atoms with E-state index in [2.05, 4.69) is 10.3 Å². The Kier molecular flexibility index (Phi) is 5.69. The normalized spacial score (nSPS) is 17.6. The molecule has 7 nitrogen and oxygen atoms in total. The molecule has 0 aliphatic carbocycles. The van der Waals surface area contributed by atoms with Crippen molar-refractivity contribution in [3.63, 3.8) is 0 Å². The fourth-order valence-corrected chi connectivity index (χ4v) is 4.60. The van der Waals surface area contributed by atoms with E-state index in [0.29, 0.717) is 27.2 Å². The molecule has 1 saturated heterocycles. The molecule has 1 fully saturated rings. The van der Waals surface area contributed by atoms with Gasteiger partial charge in [0.25, 0.3) is 0 Å². The number of furan rings is 1. The molecular formula is C25H18ClN3O4S. The summed E-state index contributed by atoms with van der Waals surface area (Å²) in [6.45, 7) is 0. The summed E-state index contributed by atoms with van der Waals surface area (Å²) < 4.78 is 6.25. The Morgan fingerprint density at radius 3 is 2.59 bits per heavy atom. The lowest BCUT2D eigenvalue weighted by Crippen LogP contribution is -2.29. The van der Waals surface area contributed by atoms with E-state index in [4.69, 9.17) is 28.2 Å². The molecule has 1 aliphatic heterocycles. The monoisotopic (exact) mass is 491 g/mol. The maximum absolute atomic E-state index is 11.4. The number of phenols is 1. The van der Waals surface area contributed by atoms with Crippen LogP contribution < -0.4 is 10.2 Å². The summed E-state index contributed by atoms with van der Waals surface area (Å²) >= 11 is 12.0. The highest BCUT2D eigenvalue weighted by Crippen LogP contribution is 2.43. The van der Waals surface area contributed by atoms with Gasteiger partial charge in [-0.25, -0.2) is 4.79 Å². The summed E-state index contributed by atoms with van der Waals surface area (Å²) in [7, 11) is 0. The van der Waals surface area contributed by atoms with Gasteiger partial charge in [0.2, 0.25) is 0 Å². The predicted molar refractivity (Wildman–Crippen MR) is 132 cm³/mol. The number of thiocarbonyl (C=S) groups is 1. The number of pyridine rings is 1. The number of rotatable bonds is 5. The largest absolute Gasteiger partial charge is 0.508 e. The van der Waals surface area contributed by atoms with Crippen LogP contribution in [0.25, 0.3) is 11.3 Å². The third-order valence-electron chi connectivity index (χ3n) is 5.62. The van der Waals surface area contributed by atoms with Gasteiger partial charge >= 0.3 is 5.97 Å². The molecular weight excluding hydrogens is 474 g/mol. The first kappa shape index (κ1) is 21.9. The van der Waals surface area contributed by atoms with E-state index in [9.17, 15) is 15.0 Å². The highest BCUT2D eigenvalue weighted by Gasteiger charge is 2.42. The lowest BCUT2D eigenvalue weighted by molar-refractivity contribution is 0.0697. The molecule has 2 atom stereocenters. The van der Waals surface area contributed by atoms with E-state index in [-0.39, 0.29) is 17.4 Å². The topological polar surface area (TPSA) is 98.8 Å². The minimum Gasteiger partial charge on any atom is -0.508 e. The van der Waals surface area contributed by atoms with Crippen molar-refractivity contribution in [1.82, 2.24) is 10.3 Å². The maximum Gasteiger partial charge on any atom is 0.335 e. The molecule has 170 valence electrons. The zero-order valence-corrected chi connectivity index (χ0v) is 19.1. The van der Waals surface area contributed by atoms with Crippen LogP contribution in [0.2, 0.25) is 5.02 Å². The average molecular weight is 492 g/mol. The number of carbonyl (C=O) groups is 1. The molecule has 3 N–H and O–H groups in total. The Morgan fingerprint density at radius 2 is 1.88 bits per heavy atom. The highest BCUT2D eigenvalue weighted by molar-refractivity contribution is 7.80. The fourth-order valence-electron chi connectivity index (χ4n) is 4.04. The van der Waals surface area contributed by atoms with Gasteiger partial charge in [-0.15, -0.1) is 0 Å². The molecule has 3 heterocycles. The van der Waals surface area contributed by atoms with Gasteiger partial charge in [-0.05, 0) is 78.9 Å². The fraction of sp³-hybridized carbons (Fsp3) is 0.0800. The minimum absolute atomic E-state index is 0.109. The number of phenolic OH excluding ortho intramolecular Hbond substituents is 1. The molecule has 9 heteroatoms. The van der Waals surface area contributed by atoms with E-state index in [0.717, 1.165) is 11.4 Å². The van der Waals surface area contributed by atoms with Crippen molar-refractivity contribution >= 4 is 40.6 Å². The summed E-state index contributed by atoms with van der Waals surface area (Å²) in [5.41, 5.74) is 2.13. The third kappa shape index (κ3) is 3.98. The molecule has 0 radical (unpaired) electrons. The molecule has 2 aromatic heterocycles. The zero-order chi connectivity index (χ0) is 23.8. The summed E-state index contributed by atoms with van der Waals surface area (Å²) in [4.78, 5) is 17.9. The second kappa shape index (κ2) is 8.81. The number of hydrogen-bond donors (Lipinski definition) is 3. The number of aromatic carboxylic acids is 1. The smallest absolute Gasteiger partial charge is 0.335 e. The standard InChI is InChI=1S/C25H18ClN3O4S/c26-18-9-4-14(24(31)32)13-17(18)20-10-11-21(33-20)23-22(19-3-1-2-12-27-19)28-25(34)29(23)15-5-7-16(30)8-6-15/h1-13,22-23,30H,(H,28,34)(H,31,32)/t22-,23+/m1/s1. The lowest BCUT2D eigenvalue weighted by atomic mass is 10.0. The van der Waals surface area contributed by atoms with Gasteiger partial charge in [0.1, 0.15) is 23.3 Å². The van der Waals surface area contributed by atoms with Gasteiger partial charge in [-0.3, -0.25) is 4.98 Å². The number of aromatic hydroxyl groups is 1. The molecule has 0 unspecified atom stereocenters. The number of carboxylic acid groups (broad SMARTS) is 1. The average Bonchev–Trinajstić information content (AvgIpc) is 3.45. The number of anilines is 1. The summed E-state index contributed by atoms with van der Waals surface area (Å²) in [5, 5.41) is 23.3. The minimum atomic E-state index is -1.05. The van der Waals surface area contributed by atoms with E-state index in [1.165, 1.54) is 18.2 Å². The number of nitrogens with zero attached hydrogens (tertiary/aromatic N) is 2. The second-order valence-corrected chi connectivity index (χ2v) is 8.51. The number of carboxylic acids is 1. The molecule has 1 aliphatic rings. The van der Waals surface area contributed by atoms with Crippen molar-refractivity contribution in [3.05, 3.63) is 101 Å². The summed E-state index contributed by atoms with van der Waals surface area (Å²) in [6, 6.07) is 19.7. The van der Waals surface area contributed by atoms with Crippen LogP contribution in [-0.2, 0) is 0 Å². The first-order valence-corrected chi connectivity index (χ1v) is 11.1. The number of nitrogens with one attached hydrogen (secondary N) is 1. The van der Waals surface area contributed by atoms with Gasteiger partial charge < -0.3 is 24.8 Å². The molecule has 4 aromatic rings. The van der Waals surface area contributed by atoms with Crippen molar-refractivity contribution in [2.24, 2.45) is 0 Å². The molecule has 5 rings (SSSR count). The predicted octanol–water partition coefficient (Wildman–Crippen LogP) is 5.58. The molecule has 0 amide bonds. The van der Waals surface area contributed by atoms with Crippen LogP contribution in [0, 0.1) is 0 Å². The quantitative estimate of drug-likeness (QED) is 0.311. The Hall–Kier alpha value is -3.88. The SMILES string of the molecule is O=C(O)c1ccc(Cl)c(-c2ccc([C@H]3[C@@H](c4ccccn4)NC(=S)N3c3ccc(O)cc3)o2)c1. The second-order valence-electron chi connectivity index (χ2n) is 7.71. The van der Waals surface area contributed by atoms with E-state index >= 15 is 0 Å². The summed E-state index contributed by atoms with van der Waals surface area (Å²) in [6.07, 6.45) is 1.71. The van der Waals surface area contributed by atoms with Crippen LogP contribution in [0.3, 0.4) is 0 Å². The first-order chi connectivity index (χ1) is 16.4. The Labute approximate surface area is 205 Å². The van der Waals surface area contributed by atoms with Crippen LogP contribution in [0.1, 0.15) is 33.9 Å². The number of halogens is 1. The van der Waals surface area contributed by atoms with E-state index in [1.807, 2.05) is 29.2 Å². The molecule has 2 aromatic carbocycles. The molecule has 0 spiro atoms.